The molecule has 0 aliphatic rings. The predicted molar refractivity (Wildman–Crippen MR) is 103 cm³/mol. The van der Waals surface area contributed by atoms with Crippen LogP contribution in [0.1, 0.15) is 0 Å². The van der Waals surface area contributed by atoms with Crippen molar-refractivity contribution in [3.8, 4) is 5.75 Å². The molecule has 0 fully saturated rings. The lowest BCUT2D eigenvalue weighted by Crippen LogP contribution is -2.00. The summed E-state index contributed by atoms with van der Waals surface area (Å²) in [6.07, 6.45) is 1.64. The van der Waals surface area contributed by atoms with E-state index in [0.717, 1.165) is 11.4 Å². The normalized spacial score (nSPS) is 10.4. The molecule has 128 valence electrons. The second kappa shape index (κ2) is 7.78. The van der Waals surface area contributed by atoms with Crippen molar-refractivity contribution in [1.82, 2.24) is 9.97 Å². The van der Waals surface area contributed by atoms with Gasteiger partial charge in [0.2, 0.25) is 5.95 Å². The molecule has 0 aliphatic carbocycles. The molecule has 25 heavy (non-hydrogen) atoms. The predicted octanol–water partition coefficient (Wildman–Crippen LogP) is 5.93. The van der Waals surface area contributed by atoms with E-state index < -0.39 is 0 Å². The van der Waals surface area contributed by atoms with E-state index in [0.29, 0.717) is 32.6 Å². The molecule has 0 bridgehead atoms. The zero-order valence-corrected chi connectivity index (χ0v) is 15.3. The summed E-state index contributed by atoms with van der Waals surface area (Å²) in [7, 11) is 1.57. The van der Waals surface area contributed by atoms with E-state index in [1.165, 1.54) is 0 Å². The molecule has 0 spiro atoms. The molecule has 2 aromatic carbocycles. The van der Waals surface area contributed by atoms with Crippen molar-refractivity contribution >= 4 is 57.9 Å². The number of methoxy groups -OCH3 is 1. The highest BCUT2D eigenvalue weighted by Gasteiger charge is 2.05. The lowest BCUT2D eigenvalue weighted by atomic mass is 10.3. The monoisotopic (exact) mass is 394 g/mol. The summed E-state index contributed by atoms with van der Waals surface area (Å²) in [5.41, 5.74) is 1.52. The Balaban J connectivity index is 1.77. The van der Waals surface area contributed by atoms with Crippen molar-refractivity contribution in [2.75, 3.05) is 17.7 Å². The summed E-state index contributed by atoms with van der Waals surface area (Å²) in [4.78, 5) is 8.60. The van der Waals surface area contributed by atoms with Crippen LogP contribution in [0.2, 0.25) is 15.1 Å². The summed E-state index contributed by atoms with van der Waals surface area (Å²) in [5, 5.41) is 7.70. The number of ether oxygens (including phenoxy) is 1. The molecule has 0 saturated heterocycles. The van der Waals surface area contributed by atoms with Crippen LogP contribution in [0.5, 0.6) is 5.75 Å². The topological polar surface area (TPSA) is 59.1 Å². The first kappa shape index (κ1) is 17.6. The molecule has 0 aliphatic heterocycles. The van der Waals surface area contributed by atoms with Gasteiger partial charge in [-0.2, -0.15) is 4.98 Å². The molecule has 8 heteroatoms. The molecule has 0 amide bonds. The van der Waals surface area contributed by atoms with Crippen molar-refractivity contribution in [3.63, 3.8) is 0 Å². The molecule has 3 aromatic rings. The van der Waals surface area contributed by atoms with E-state index in [4.69, 9.17) is 39.5 Å². The maximum absolute atomic E-state index is 6.12. The first-order valence-corrected chi connectivity index (χ1v) is 8.34. The molecule has 1 aromatic heterocycles. The molecule has 2 N–H and O–H groups in total. The van der Waals surface area contributed by atoms with Crippen molar-refractivity contribution in [3.05, 3.63) is 63.7 Å². The Kier molecular flexibility index (Phi) is 5.48. The van der Waals surface area contributed by atoms with Gasteiger partial charge in [0.25, 0.3) is 0 Å². The number of rotatable bonds is 5. The zero-order valence-electron chi connectivity index (χ0n) is 13.1. The highest BCUT2D eigenvalue weighted by atomic mass is 35.5. The Labute approximate surface area is 159 Å². The summed E-state index contributed by atoms with van der Waals surface area (Å²) in [6.45, 7) is 0. The van der Waals surface area contributed by atoms with Gasteiger partial charge in [-0.25, -0.2) is 4.98 Å². The largest absolute Gasteiger partial charge is 0.495 e. The van der Waals surface area contributed by atoms with E-state index in [-0.39, 0.29) is 0 Å². The number of hydrogen-bond donors (Lipinski definition) is 2. The summed E-state index contributed by atoms with van der Waals surface area (Å²) >= 11 is 18.1. The van der Waals surface area contributed by atoms with E-state index in [1.54, 1.807) is 43.6 Å². The Bertz CT molecular complexity index is 905. The number of anilines is 4. The number of nitrogens with one attached hydrogen (secondary N) is 2. The zero-order chi connectivity index (χ0) is 17.8. The van der Waals surface area contributed by atoms with E-state index in [9.17, 15) is 0 Å². The molecule has 0 radical (unpaired) electrons. The Morgan fingerprint density at radius 2 is 1.56 bits per heavy atom. The van der Waals surface area contributed by atoms with Crippen molar-refractivity contribution in [2.45, 2.75) is 0 Å². The van der Waals surface area contributed by atoms with Crippen LogP contribution in [0.3, 0.4) is 0 Å². The average Bonchev–Trinajstić information content (AvgIpc) is 2.59. The Morgan fingerprint density at radius 1 is 0.840 bits per heavy atom. The number of hydrogen-bond acceptors (Lipinski definition) is 5. The van der Waals surface area contributed by atoms with Crippen LogP contribution in [-0.4, -0.2) is 17.1 Å². The Morgan fingerprint density at radius 3 is 2.28 bits per heavy atom. The van der Waals surface area contributed by atoms with Crippen LogP contribution >= 0.6 is 34.8 Å². The lowest BCUT2D eigenvalue weighted by molar-refractivity contribution is 0.415. The van der Waals surface area contributed by atoms with Gasteiger partial charge >= 0.3 is 0 Å². The molecular weight excluding hydrogens is 383 g/mol. The third-order valence-corrected chi connectivity index (χ3v) is 4.29. The fraction of sp³-hybridized carbons (Fsp3) is 0.0588. The van der Waals surface area contributed by atoms with Gasteiger partial charge < -0.3 is 15.4 Å². The maximum atomic E-state index is 6.12. The van der Waals surface area contributed by atoms with Crippen LogP contribution in [0, 0.1) is 0 Å². The molecule has 0 unspecified atom stereocenters. The van der Waals surface area contributed by atoms with E-state index in [2.05, 4.69) is 20.6 Å². The van der Waals surface area contributed by atoms with Gasteiger partial charge in [-0.15, -0.1) is 0 Å². The van der Waals surface area contributed by atoms with Crippen LogP contribution in [0.15, 0.2) is 48.7 Å². The standard InChI is InChI=1S/C17H13Cl3N4O/c1-25-15-5-3-11(9-14(15)20)23-17-21-7-6-16(24-17)22-10-2-4-12(18)13(19)8-10/h2-9H,1H3,(H2,21,22,23,24). The summed E-state index contributed by atoms with van der Waals surface area (Å²) in [5.74, 6) is 1.63. The van der Waals surface area contributed by atoms with Crippen molar-refractivity contribution in [2.24, 2.45) is 0 Å². The van der Waals surface area contributed by atoms with Gasteiger partial charge in [0.05, 0.1) is 22.2 Å². The highest BCUT2D eigenvalue weighted by molar-refractivity contribution is 6.42. The molecule has 0 saturated carbocycles. The SMILES string of the molecule is COc1ccc(Nc2nccc(Nc3ccc(Cl)c(Cl)c3)n2)cc1Cl. The van der Waals surface area contributed by atoms with E-state index >= 15 is 0 Å². The second-order valence-corrected chi connectivity index (χ2v) is 6.22. The van der Waals surface area contributed by atoms with Gasteiger partial charge in [0.15, 0.2) is 0 Å². The molecular formula is C17H13Cl3N4O. The number of benzene rings is 2. The highest BCUT2D eigenvalue weighted by Crippen LogP contribution is 2.29. The third-order valence-electron chi connectivity index (χ3n) is 3.26. The second-order valence-electron chi connectivity index (χ2n) is 4.99. The van der Waals surface area contributed by atoms with Gasteiger partial charge in [-0.3, -0.25) is 0 Å². The van der Waals surface area contributed by atoms with Crippen molar-refractivity contribution < 1.29 is 4.74 Å². The molecule has 3 rings (SSSR count). The minimum Gasteiger partial charge on any atom is -0.495 e. The molecule has 5 nitrogen and oxygen atoms in total. The smallest absolute Gasteiger partial charge is 0.229 e. The lowest BCUT2D eigenvalue weighted by Gasteiger charge is -2.10. The minimum atomic E-state index is 0.422. The quantitative estimate of drug-likeness (QED) is 0.560. The van der Waals surface area contributed by atoms with Crippen LogP contribution in [0.4, 0.5) is 23.1 Å². The van der Waals surface area contributed by atoms with Gasteiger partial charge in [-0.05, 0) is 42.5 Å². The number of aromatic nitrogens is 2. The summed E-state index contributed by atoms with van der Waals surface area (Å²) < 4.78 is 5.13. The van der Waals surface area contributed by atoms with Gasteiger partial charge in [-0.1, -0.05) is 34.8 Å². The third kappa shape index (κ3) is 4.45. The average molecular weight is 396 g/mol. The van der Waals surface area contributed by atoms with Crippen LogP contribution < -0.4 is 15.4 Å². The van der Waals surface area contributed by atoms with Crippen LogP contribution in [0.25, 0.3) is 0 Å². The van der Waals surface area contributed by atoms with Crippen LogP contribution in [-0.2, 0) is 0 Å². The fourth-order valence-electron chi connectivity index (χ4n) is 2.08. The fourth-order valence-corrected chi connectivity index (χ4v) is 2.64. The first-order chi connectivity index (χ1) is 12.0. The molecule has 1 heterocycles. The summed E-state index contributed by atoms with van der Waals surface area (Å²) in [6, 6.07) is 12.3. The Hall–Kier alpha value is -2.21. The minimum absolute atomic E-state index is 0.422. The van der Waals surface area contributed by atoms with Crippen molar-refractivity contribution in [1.29, 1.82) is 0 Å². The molecule has 0 atom stereocenters. The number of nitrogens with zero attached hydrogens (tertiary/aromatic N) is 2. The number of halogens is 3. The van der Waals surface area contributed by atoms with Gasteiger partial charge in [0, 0.05) is 17.6 Å². The first-order valence-electron chi connectivity index (χ1n) is 7.21. The maximum Gasteiger partial charge on any atom is 0.229 e. The van der Waals surface area contributed by atoms with Gasteiger partial charge in [0.1, 0.15) is 11.6 Å². The van der Waals surface area contributed by atoms with E-state index in [1.807, 2.05) is 12.1 Å².